The van der Waals surface area contributed by atoms with Crippen LogP contribution in [-0.2, 0) is 10.0 Å². The fourth-order valence-electron chi connectivity index (χ4n) is 1.69. The number of halogens is 2. The molecule has 0 amide bonds. The summed E-state index contributed by atoms with van der Waals surface area (Å²) in [4.78, 5) is -0.0265. The highest BCUT2D eigenvalue weighted by atomic mass is 79.9. The van der Waals surface area contributed by atoms with E-state index in [1.807, 2.05) is 6.07 Å². The standard InChI is InChI=1S/C14H10BrFN2O2S/c1-9-5-13(16)12(15)7-14(9)18-21(19,20)11-4-2-3-10(6-11)8-17/h2-7,18H,1H3. The molecule has 0 heterocycles. The highest BCUT2D eigenvalue weighted by Gasteiger charge is 2.17. The normalized spacial score (nSPS) is 11.0. The summed E-state index contributed by atoms with van der Waals surface area (Å²) >= 11 is 3.01. The molecule has 0 bridgehead atoms. The van der Waals surface area contributed by atoms with E-state index in [4.69, 9.17) is 5.26 Å². The molecule has 0 aliphatic heterocycles. The minimum atomic E-state index is -3.84. The van der Waals surface area contributed by atoms with Crippen LogP contribution < -0.4 is 4.72 Å². The molecule has 1 N–H and O–H groups in total. The number of sulfonamides is 1. The van der Waals surface area contributed by atoms with Crippen LogP contribution >= 0.6 is 15.9 Å². The number of nitriles is 1. The van der Waals surface area contributed by atoms with Gasteiger partial charge in [0.1, 0.15) is 5.82 Å². The molecule has 21 heavy (non-hydrogen) atoms. The Balaban J connectivity index is 2.42. The molecule has 2 aromatic carbocycles. The SMILES string of the molecule is Cc1cc(F)c(Br)cc1NS(=O)(=O)c1cccc(C#N)c1. The minimum absolute atomic E-state index is 0.0265. The number of aryl methyl sites for hydroxylation is 1. The van der Waals surface area contributed by atoms with E-state index in [0.717, 1.165) is 0 Å². The maximum absolute atomic E-state index is 13.4. The first-order valence-electron chi connectivity index (χ1n) is 5.82. The molecule has 0 fully saturated rings. The van der Waals surface area contributed by atoms with E-state index < -0.39 is 15.8 Å². The smallest absolute Gasteiger partial charge is 0.261 e. The Morgan fingerprint density at radius 2 is 2.00 bits per heavy atom. The van der Waals surface area contributed by atoms with E-state index >= 15 is 0 Å². The van der Waals surface area contributed by atoms with E-state index in [1.165, 1.54) is 36.4 Å². The summed E-state index contributed by atoms with van der Waals surface area (Å²) < 4.78 is 40.5. The molecule has 0 atom stereocenters. The molecule has 7 heteroatoms. The van der Waals surface area contributed by atoms with E-state index in [-0.39, 0.29) is 20.6 Å². The topological polar surface area (TPSA) is 70.0 Å². The van der Waals surface area contributed by atoms with Gasteiger partial charge >= 0.3 is 0 Å². The number of nitrogens with zero attached hydrogens (tertiary/aromatic N) is 1. The van der Waals surface area contributed by atoms with Crippen LogP contribution in [0.5, 0.6) is 0 Å². The van der Waals surface area contributed by atoms with Crippen LogP contribution in [0.2, 0.25) is 0 Å². The molecule has 0 aliphatic carbocycles. The Bertz CT molecular complexity index is 845. The van der Waals surface area contributed by atoms with Crippen molar-refractivity contribution in [2.75, 3.05) is 4.72 Å². The second kappa shape index (κ2) is 5.84. The predicted octanol–water partition coefficient (Wildman–Crippen LogP) is 3.57. The molecule has 4 nitrogen and oxygen atoms in total. The zero-order valence-electron chi connectivity index (χ0n) is 10.9. The van der Waals surface area contributed by atoms with Crippen molar-refractivity contribution in [1.82, 2.24) is 0 Å². The molecule has 0 saturated heterocycles. The zero-order valence-corrected chi connectivity index (χ0v) is 13.3. The zero-order chi connectivity index (χ0) is 15.6. The Kier molecular flexibility index (Phi) is 4.30. The summed E-state index contributed by atoms with van der Waals surface area (Å²) in [6.07, 6.45) is 0. The fourth-order valence-corrected chi connectivity index (χ4v) is 3.20. The first kappa shape index (κ1) is 15.5. The second-order valence-electron chi connectivity index (χ2n) is 4.33. The molecule has 0 radical (unpaired) electrons. The first-order chi connectivity index (χ1) is 9.83. The summed E-state index contributed by atoms with van der Waals surface area (Å²) in [5.41, 5.74) is 0.969. The van der Waals surface area contributed by atoms with Gasteiger partial charge < -0.3 is 0 Å². The van der Waals surface area contributed by atoms with Crippen LogP contribution in [0.25, 0.3) is 0 Å². The average Bonchev–Trinajstić information content (AvgIpc) is 2.44. The number of anilines is 1. The molecule has 0 unspecified atom stereocenters. The first-order valence-corrected chi connectivity index (χ1v) is 8.10. The highest BCUT2D eigenvalue weighted by Crippen LogP contribution is 2.26. The van der Waals surface area contributed by atoms with E-state index in [0.29, 0.717) is 5.56 Å². The Hall–Kier alpha value is -1.91. The predicted molar refractivity (Wildman–Crippen MR) is 80.8 cm³/mol. The van der Waals surface area contributed by atoms with E-state index in [9.17, 15) is 12.8 Å². The Labute approximate surface area is 130 Å². The van der Waals surface area contributed by atoms with Crippen LogP contribution in [0, 0.1) is 24.1 Å². The van der Waals surface area contributed by atoms with Gasteiger partial charge in [-0.1, -0.05) is 6.07 Å². The van der Waals surface area contributed by atoms with Gasteiger partial charge in [-0.3, -0.25) is 4.72 Å². The van der Waals surface area contributed by atoms with Crippen molar-refractivity contribution in [2.24, 2.45) is 0 Å². The van der Waals surface area contributed by atoms with Gasteiger partial charge in [-0.15, -0.1) is 0 Å². The van der Waals surface area contributed by atoms with Crippen molar-refractivity contribution in [2.45, 2.75) is 11.8 Å². The van der Waals surface area contributed by atoms with Crippen molar-refractivity contribution in [1.29, 1.82) is 5.26 Å². The van der Waals surface area contributed by atoms with Crippen LogP contribution in [0.4, 0.5) is 10.1 Å². The third kappa shape index (κ3) is 3.40. The van der Waals surface area contributed by atoms with E-state index in [2.05, 4.69) is 20.7 Å². The maximum Gasteiger partial charge on any atom is 0.261 e. The Morgan fingerprint density at radius 3 is 2.67 bits per heavy atom. The van der Waals surface area contributed by atoms with Crippen LogP contribution in [-0.4, -0.2) is 8.42 Å². The quantitative estimate of drug-likeness (QED) is 0.899. The lowest BCUT2D eigenvalue weighted by Crippen LogP contribution is -2.14. The molecular weight excluding hydrogens is 359 g/mol. The summed E-state index contributed by atoms with van der Waals surface area (Å²) in [5, 5.41) is 8.82. The van der Waals surface area contributed by atoms with Crippen molar-refractivity contribution >= 4 is 31.6 Å². The van der Waals surface area contributed by atoms with Gasteiger partial charge in [0, 0.05) is 0 Å². The lowest BCUT2D eigenvalue weighted by molar-refractivity contribution is 0.600. The van der Waals surface area contributed by atoms with Crippen LogP contribution in [0.1, 0.15) is 11.1 Å². The van der Waals surface area contributed by atoms with Crippen molar-refractivity contribution in [3.63, 3.8) is 0 Å². The fraction of sp³-hybridized carbons (Fsp3) is 0.0714. The lowest BCUT2D eigenvalue weighted by Gasteiger charge is -2.11. The third-order valence-corrected chi connectivity index (χ3v) is 4.76. The largest absolute Gasteiger partial charge is 0.279 e. The number of hydrogen-bond donors (Lipinski definition) is 1. The molecule has 108 valence electrons. The summed E-state index contributed by atoms with van der Waals surface area (Å²) in [6, 6.07) is 10.1. The lowest BCUT2D eigenvalue weighted by atomic mass is 10.2. The summed E-state index contributed by atoms with van der Waals surface area (Å²) in [7, 11) is -3.84. The minimum Gasteiger partial charge on any atom is -0.279 e. The second-order valence-corrected chi connectivity index (χ2v) is 6.86. The number of rotatable bonds is 3. The monoisotopic (exact) mass is 368 g/mol. The third-order valence-electron chi connectivity index (χ3n) is 2.79. The molecule has 0 saturated carbocycles. The molecule has 2 aromatic rings. The van der Waals surface area contributed by atoms with Crippen molar-refractivity contribution in [3.05, 3.63) is 57.8 Å². The summed E-state index contributed by atoms with van der Waals surface area (Å²) in [6.45, 7) is 1.60. The number of nitrogens with one attached hydrogen (secondary N) is 1. The van der Waals surface area contributed by atoms with Crippen molar-refractivity contribution < 1.29 is 12.8 Å². The molecule has 0 spiro atoms. The molecule has 0 aromatic heterocycles. The van der Waals surface area contributed by atoms with Crippen molar-refractivity contribution in [3.8, 4) is 6.07 Å². The van der Waals surface area contributed by atoms with Crippen LogP contribution in [0.15, 0.2) is 45.8 Å². The number of hydrogen-bond acceptors (Lipinski definition) is 3. The van der Waals surface area contributed by atoms with Gasteiger partial charge in [0.2, 0.25) is 0 Å². The van der Waals surface area contributed by atoms with E-state index in [1.54, 1.807) is 6.92 Å². The van der Waals surface area contributed by atoms with Gasteiger partial charge in [-0.2, -0.15) is 5.26 Å². The van der Waals surface area contributed by atoms with Gasteiger partial charge in [0.05, 0.1) is 26.7 Å². The van der Waals surface area contributed by atoms with Crippen LogP contribution in [0.3, 0.4) is 0 Å². The summed E-state index contributed by atoms with van der Waals surface area (Å²) in [5.74, 6) is -0.470. The molecule has 2 rings (SSSR count). The molecule has 0 aliphatic rings. The Morgan fingerprint density at radius 1 is 1.29 bits per heavy atom. The van der Waals surface area contributed by atoms with Gasteiger partial charge in [-0.25, -0.2) is 12.8 Å². The van der Waals surface area contributed by atoms with Gasteiger partial charge in [0.15, 0.2) is 0 Å². The van der Waals surface area contributed by atoms with Gasteiger partial charge in [0.25, 0.3) is 10.0 Å². The number of benzene rings is 2. The molecular formula is C14H10BrFN2O2S. The maximum atomic E-state index is 13.4. The average molecular weight is 369 g/mol. The van der Waals surface area contributed by atoms with Gasteiger partial charge in [-0.05, 0) is 58.7 Å². The highest BCUT2D eigenvalue weighted by molar-refractivity contribution is 9.10.